The molecule has 2 heterocycles. The van der Waals surface area contributed by atoms with E-state index in [0.717, 1.165) is 37.9 Å². The molecule has 0 unspecified atom stereocenters. The monoisotopic (exact) mass is 302 g/mol. The van der Waals surface area contributed by atoms with E-state index in [4.69, 9.17) is 4.74 Å². The average molecular weight is 302 g/mol. The third-order valence-electron chi connectivity index (χ3n) is 3.65. The quantitative estimate of drug-likeness (QED) is 0.916. The molecule has 22 heavy (non-hydrogen) atoms. The molecule has 116 valence electrons. The van der Waals surface area contributed by atoms with Crippen molar-refractivity contribution in [2.75, 3.05) is 43.1 Å². The zero-order valence-electron chi connectivity index (χ0n) is 12.3. The molecule has 0 atom stereocenters. The van der Waals surface area contributed by atoms with Gasteiger partial charge in [0.1, 0.15) is 23.8 Å². The summed E-state index contributed by atoms with van der Waals surface area (Å²) < 4.78 is 18.9. The number of halogens is 1. The minimum absolute atomic E-state index is 0.166. The lowest BCUT2D eigenvalue weighted by Gasteiger charge is -2.27. The molecular formula is C16H19FN4O. The van der Waals surface area contributed by atoms with E-state index in [1.807, 2.05) is 12.1 Å². The molecule has 1 aliphatic rings. The van der Waals surface area contributed by atoms with E-state index < -0.39 is 0 Å². The van der Waals surface area contributed by atoms with Crippen LogP contribution in [0.25, 0.3) is 0 Å². The van der Waals surface area contributed by atoms with Crippen LogP contribution in [-0.2, 0) is 11.2 Å². The number of nitrogens with zero attached hydrogens (tertiary/aromatic N) is 3. The fourth-order valence-electron chi connectivity index (χ4n) is 2.44. The number of aromatic nitrogens is 2. The van der Waals surface area contributed by atoms with Gasteiger partial charge in [0.15, 0.2) is 0 Å². The first-order valence-electron chi connectivity index (χ1n) is 7.45. The average Bonchev–Trinajstić information content (AvgIpc) is 2.58. The molecule has 0 aliphatic carbocycles. The highest BCUT2D eigenvalue weighted by molar-refractivity contribution is 5.48. The first kappa shape index (κ1) is 14.7. The van der Waals surface area contributed by atoms with Crippen LogP contribution in [-0.4, -0.2) is 42.8 Å². The number of benzene rings is 1. The molecular weight excluding hydrogens is 283 g/mol. The van der Waals surface area contributed by atoms with Crippen molar-refractivity contribution in [1.29, 1.82) is 0 Å². The van der Waals surface area contributed by atoms with Crippen LogP contribution >= 0.6 is 0 Å². The van der Waals surface area contributed by atoms with Gasteiger partial charge in [0.2, 0.25) is 0 Å². The standard InChI is InChI=1S/C16H19FN4O/c17-14-4-2-1-3-13(14)5-6-18-15-11-16(20-12-19-15)21-7-9-22-10-8-21/h1-4,11-12H,5-10H2,(H,18,19,20). The summed E-state index contributed by atoms with van der Waals surface area (Å²) in [4.78, 5) is 10.7. The molecule has 0 radical (unpaired) electrons. The topological polar surface area (TPSA) is 50.3 Å². The van der Waals surface area contributed by atoms with Crippen molar-refractivity contribution in [1.82, 2.24) is 9.97 Å². The van der Waals surface area contributed by atoms with Crippen molar-refractivity contribution >= 4 is 11.6 Å². The van der Waals surface area contributed by atoms with E-state index in [0.29, 0.717) is 18.5 Å². The minimum atomic E-state index is -0.166. The molecule has 6 heteroatoms. The van der Waals surface area contributed by atoms with Gasteiger partial charge in [0.25, 0.3) is 0 Å². The highest BCUT2D eigenvalue weighted by Crippen LogP contribution is 2.15. The maximum absolute atomic E-state index is 13.6. The van der Waals surface area contributed by atoms with Gasteiger partial charge in [-0.3, -0.25) is 0 Å². The molecule has 1 fully saturated rings. The van der Waals surface area contributed by atoms with Gasteiger partial charge in [0, 0.05) is 25.7 Å². The molecule has 1 N–H and O–H groups in total. The van der Waals surface area contributed by atoms with Gasteiger partial charge in [-0.05, 0) is 18.1 Å². The summed E-state index contributed by atoms with van der Waals surface area (Å²) in [5.74, 6) is 1.49. The SMILES string of the molecule is Fc1ccccc1CCNc1cc(N2CCOCC2)ncn1. The van der Waals surface area contributed by atoms with Gasteiger partial charge in [-0.15, -0.1) is 0 Å². The Morgan fingerprint density at radius 1 is 1.18 bits per heavy atom. The highest BCUT2D eigenvalue weighted by Gasteiger charge is 2.12. The van der Waals surface area contributed by atoms with Crippen LogP contribution in [0.3, 0.4) is 0 Å². The van der Waals surface area contributed by atoms with Crippen molar-refractivity contribution in [2.24, 2.45) is 0 Å². The fourth-order valence-corrected chi connectivity index (χ4v) is 2.44. The molecule has 1 aromatic carbocycles. The molecule has 5 nitrogen and oxygen atoms in total. The van der Waals surface area contributed by atoms with Crippen LogP contribution in [0.5, 0.6) is 0 Å². The van der Waals surface area contributed by atoms with Crippen molar-refractivity contribution in [3.05, 3.63) is 48.0 Å². The highest BCUT2D eigenvalue weighted by atomic mass is 19.1. The maximum atomic E-state index is 13.6. The molecule has 0 spiro atoms. The molecule has 1 aromatic heterocycles. The zero-order valence-corrected chi connectivity index (χ0v) is 12.3. The summed E-state index contributed by atoms with van der Waals surface area (Å²) in [6.45, 7) is 3.75. The Hall–Kier alpha value is -2.21. The zero-order chi connectivity index (χ0) is 15.2. The Morgan fingerprint density at radius 2 is 2.00 bits per heavy atom. The predicted octanol–water partition coefficient (Wildman–Crippen LogP) is 2.11. The number of nitrogens with one attached hydrogen (secondary N) is 1. The van der Waals surface area contributed by atoms with E-state index >= 15 is 0 Å². The van der Waals surface area contributed by atoms with Crippen molar-refractivity contribution in [3.63, 3.8) is 0 Å². The lowest BCUT2D eigenvalue weighted by atomic mass is 10.1. The second-order valence-corrected chi connectivity index (χ2v) is 5.13. The van der Waals surface area contributed by atoms with Gasteiger partial charge in [-0.25, -0.2) is 14.4 Å². The molecule has 2 aromatic rings. The lowest BCUT2D eigenvalue weighted by Crippen LogP contribution is -2.36. The van der Waals surface area contributed by atoms with E-state index in [2.05, 4.69) is 20.2 Å². The second-order valence-electron chi connectivity index (χ2n) is 5.13. The minimum Gasteiger partial charge on any atom is -0.378 e. The molecule has 0 bridgehead atoms. The number of morpholine rings is 1. The Labute approximate surface area is 129 Å². The summed E-state index contributed by atoms with van der Waals surface area (Å²) in [6, 6.07) is 8.75. The normalized spacial score (nSPS) is 14.9. The van der Waals surface area contributed by atoms with Crippen LogP contribution in [0.2, 0.25) is 0 Å². The van der Waals surface area contributed by atoms with Crippen molar-refractivity contribution in [2.45, 2.75) is 6.42 Å². The number of ether oxygens (including phenoxy) is 1. The molecule has 1 saturated heterocycles. The third-order valence-corrected chi connectivity index (χ3v) is 3.65. The summed E-state index contributed by atoms with van der Waals surface area (Å²) >= 11 is 0. The van der Waals surface area contributed by atoms with Crippen LogP contribution in [0.4, 0.5) is 16.0 Å². The van der Waals surface area contributed by atoms with Gasteiger partial charge < -0.3 is 15.0 Å². The molecule has 1 aliphatic heterocycles. The van der Waals surface area contributed by atoms with Crippen molar-refractivity contribution < 1.29 is 9.13 Å². The van der Waals surface area contributed by atoms with Crippen LogP contribution in [0.1, 0.15) is 5.56 Å². The van der Waals surface area contributed by atoms with E-state index in [-0.39, 0.29) is 5.82 Å². The first-order valence-corrected chi connectivity index (χ1v) is 7.45. The van der Waals surface area contributed by atoms with E-state index in [1.54, 1.807) is 18.5 Å². The Balaban J connectivity index is 1.57. The van der Waals surface area contributed by atoms with Crippen molar-refractivity contribution in [3.8, 4) is 0 Å². The first-order chi connectivity index (χ1) is 10.8. The lowest BCUT2D eigenvalue weighted by molar-refractivity contribution is 0.122. The summed E-state index contributed by atoms with van der Waals surface area (Å²) in [5.41, 5.74) is 0.706. The van der Waals surface area contributed by atoms with Gasteiger partial charge in [-0.1, -0.05) is 18.2 Å². The van der Waals surface area contributed by atoms with Gasteiger partial charge >= 0.3 is 0 Å². The Morgan fingerprint density at radius 3 is 2.82 bits per heavy atom. The second kappa shape index (κ2) is 7.17. The van der Waals surface area contributed by atoms with Gasteiger partial charge in [0.05, 0.1) is 13.2 Å². The number of rotatable bonds is 5. The fraction of sp³-hybridized carbons (Fsp3) is 0.375. The summed E-state index contributed by atoms with van der Waals surface area (Å²) in [7, 11) is 0. The van der Waals surface area contributed by atoms with E-state index in [9.17, 15) is 4.39 Å². The third kappa shape index (κ3) is 3.71. The van der Waals surface area contributed by atoms with E-state index in [1.165, 1.54) is 6.07 Å². The van der Waals surface area contributed by atoms with Crippen LogP contribution in [0.15, 0.2) is 36.7 Å². The predicted molar refractivity (Wildman–Crippen MR) is 83.7 cm³/mol. The van der Waals surface area contributed by atoms with Gasteiger partial charge in [-0.2, -0.15) is 0 Å². The Bertz CT molecular complexity index is 617. The largest absolute Gasteiger partial charge is 0.378 e. The number of hydrogen-bond donors (Lipinski definition) is 1. The summed E-state index contributed by atoms with van der Waals surface area (Å²) in [5, 5.41) is 3.22. The number of hydrogen-bond acceptors (Lipinski definition) is 5. The molecule has 0 amide bonds. The smallest absolute Gasteiger partial charge is 0.134 e. The molecule has 0 saturated carbocycles. The molecule has 3 rings (SSSR count). The number of anilines is 2. The Kier molecular flexibility index (Phi) is 4.80. The summed E-state index contributed by atoms with van der Waals surface area (Å²) in [6.07, 6.45) is 2.17. The maximum Gasteiger partial charge on any atom is 0.134 e. The van der Waals surface area contributed by atoms with Crippen LogP contribution in [0, 0.1) is 5.82 Å². The van der Waals surface area contributed by atoms with Crippen LogP contribution < -0.4 is 10.2 Å².